The molecule has 14 heavy (non-hydrogen) atoms. The summed E-state index contributed by atoms with van der Waals surface area (Å²) in [7, 11) is 0. The van der Waals surface area contributed by atoms with Crippen LogP contribution in [0.2, 0.25) is 0 Å². The van der Waals surface area contributed by atoms with Crippen LogP contribution in [-0.2, 0) is 4.74 Å². The Bertz CT molecular complexity index is 309. The van der Waals surface area contributed by atoms with Crippen molar-refractivity contribution in [1.82, 2.24) is 9.78 Å². The smallest absolute Gasteiger partial charge is 0.356 e. The molecule has 2 N–H and O–H groups in total. The number of carbonyl (C=O) groups is 1. The molecule has 0 aliphatic rings. The van der Waals surface area contributed by atoms with E-state index < -0.39 is 0 Å². The SMILES string of the molecule is CCOC(=O)c1ccnn1[C@@H](C)CN. The summed E-state index contributed by atoms with van der Waals surface area (Å²) in [4.78, 5) is 11.4. The van der Waals surface area contributed by atoms with Crippen LogP contribution >= 0.6 is 0 Å². The summed E-state index contributed by atoms with van der Waals surface area (Å²) in [6.45, 7) is 4.47. The third kappa shape index (κ3) is 2.11. The minimum atomic E-state index is -0.356. The third-order valence-electron chi connectivity index (χ3n) is 1.91. The Kier molecular flexibility index (Phi) is 3.64. The van der Waals surface area contributed by atoms with E-state index in [9.17, 15) is 4.79 Å². The molecule has 0 saturated carbocycles. The van der Waals surface area contributed by atoms with Crippen molar-refractivity contribution in [1.29, 1.82) is 0 Å². The summed E-state index contributed by atoms with van der Waals surface area (Å²) in [5.74, 6) is -0.356. The van der Waals surface area contributed by atoms with Gasteiger partial charge in [0.25, 0.3) is 0 Å². The number of rotatable bonds is 4. The molecule has 0 saturated heterocycles. The highest BCUT2D eigenvalue weighted by molar-refractivity contribution is 5.87. The first-order valence-electron chi connectivity index (χ1n) is 4.61. The predicted octanol–water partition coefficient (Wildman–Crippen LogP) is 0.580. The minimum Gasteiger partial charge on any atom is -0.461 e. The first kappa shape index (κ1) is 10.7. The molecule has 0 amide bonds. The van der Waals surface area contributed by atoms with E-state index in [4.69, 9.17) is 10.5 Å². The largest absolute Gasteiger partial charge is 0.461 e. The van der Waals surface area contributed by atoms with E-state index in [1.165, 1.54) is 0 Å². The maximum absolute atomic E-state index is 11.4. The molecular formula is C9H15N3O2. The van der Waals surface area contributed by atoms with Crippen LogP contribution in [0.25, 0.3) is 0 Å². The monoisotopic (exact) mass is 197 g/mol. The van der Waals surface area contributed by atoms with Gasteiger partial charge in [-0.05, 0) is 19.9 Å². The van der Waals surface area contributed by atoms with Crippen molar-refractivity contribution in [2.45, 2.75) is 19.9 Å². The maximum atomic E-state index is 11.4. The van der Waals surface area contributed by atoms with Gasteiger partial charge in [-0.15, -0.1) is 0 Å². The Morgan fingerprint density at radius 3 is 3.07 bits per heavy atom. The van der Waals surface area contributed by atoms with Crippen molar-refractivity contribution < 1.29 is 9.53 Å². The van der Waals surface area contributed by atoms with Crippen LogP contribution in [0.1, 0.15) is 30.4 Å². The van der Waals surface area contributed by atoms with Crippen molar-refractivity contribution >= 4 is 5.97 Å². The van der Waals surface area contributed by atoms with E-state index in [0.29, 0.717) is 18.8 Å². The molecule has 5 heteroatoms. The van der Waals surface area contributed by atoms with Gasteiger partial charge < -0.3 is 10.5 Å². The molecule has 0 unspecified atom stereocenters. The van der Waals surface area contributed by atoms with Crippen molar-refractivity contribution in [2.75, 3.05) is 13.2 Å². The van der Waals surface area contributed by atoms with Crippen molar-refractivity contribution in [3.05, 3.63) is 18.0 Å². The van der Waals surface area contributed by atoms with E-state index in [-0.39, 0.29) is 12.0 Å². The highest BCUT2D eigenvalue weighted by Gasteiger charge is 2.15. The summed E-state index contributed by atoms with van der Waals surface area (Å²) in [5, 5.41) is 4.03. The lowest BCUT2D eigenvalue weighted by Crippen LogP contribution is -2.22. The molecule has 5 nitrogen and oxygen atoms in total. The average molecular weight is 197 g/mol. The molecule has 78 valence electrons. The number of hydrogen-bond donors (Lipinski definition) is 1. The first-order chi connectivity index (χ1) is 6.70. The molecule has 0 aliphatic carbocycles. The van der Waals surface area contributed by atoms with Gasteiger partial charge in [0.15, 0.2) is 0 Å². The fourth-order valence-electron chi connectivity index (χ4n) is 1.13. The third-order valence-corrected chi connectivity index (χ3v) is 1.91. The topological polar surface area (TPSA) is 70.1 Å². The molecule has 0 aliphatic heterocycles. The van der Waals surface area contributed by atoms with Crippen LogP contribution < -0.4 is 5.73 Å². The van der Waals surface area contributed by atoms with E-state index in [2.05, 4.69) is 5.10 Å². The molecule has 0 radical (unpaired) electrons. The summed E-state index contributed by atoms with van der Waals surface area (Å²) in [6.07, 6.45) is 1.57. The number of aromatic nitrogens is 2. The van der Waals surface area contributed by atoms with Crippen LogP contribution in [0.5, 0.6) is 0 Å². The fourth-order valence-corrected chi connectivity index (χ4v) is 1.13. The van der Waals surface area contributed by atoms with Crippen LogP contribution in [0.15, 0.2) is 12.3 Å². The Hall–Kier alpha value is -1.36. The Morgan fingerprint density at radius 2 is 2.50 bits per heavy atom. The minimum absolute atomic E-state index is 0.00408. The number of ether oxygens (including phenoxy) is 1. The number of nitrogens with zero attached hydrogens (tertiary/aromatic N) is 2. The summed E-state index contributed by atoms with van der Waals surface area (Å²) in [5.41, 5.74) is 5.94. The fraction of sp³-hybridized carbons (Fsp3) is 0.556. The number of carbonyl (C=O) groups excluding carboxylic acids is 1. The van der Waals surface area contributed by atoms with Crippen LogP contribution in [-0.4, -0.2) is 28.9 Å². The van der Waals surface area contributed by atoms with Gasteiger partial charge in [-0.3, -0.25) is 4.68 Å². The average Bonchev–Trinajstić information content (AvgIpc) is 2.65. The van der Waals surface area contributed by atoms with Gasteiger partial charge in [0.1, 0.15) is 5.69 Å². The molecule has 1 heterocycles. The number of hydrogen-bond acceptors (Lipinski definition) is 4. The lowest BCUT2D eigenvalue weighted by Gasteiger charge is -2.12. The standard InChI is InChI=1S/C9H15N3O2/c1-3-14-9(13)8-4-5-11-12(8)7(2)6-10/h4-5,7H,3,6,10H2,1-2H3/t7-/m0/s1. The van der Waals surface area contributed by atoms with Crippen molar-refractivity contribution in [3.63, 3.8) is 0 Å². The second-order valence-corrected chi connectivity index (χ2v) is 2.97. The van der Waals surface area contributed by atoms with Gasteiger partial charge in [0, 0.05) is 12.7 Å². The van der Waals surface area contributed by atoms with Crippen LogP contribution in [0.3, 0.4) is 0 Å². The predicted molar refractivity (Wildman–Crippen MR) is 51.9 cm³/mol. The Morgan fingerprint density at radius 1 is 1.79 bits per heavy atom. The van der Waals surface area contributed by atoms with Gasteiger partial charge in [-0.1, -0.05) is 0 Å². The van der Waals surface area contributed by atoms with Crippen molar-refractivity contribution in [2.24, 2.45) is 5.73 Å². The van der Waals surface area contributed by atoms with E-state index in [1.54, 1.807) is 23.9 Å². The molecule has 1 aromatic rings. The second kappa shape index (κ2) is 4.76. The molecule has 0 spiro atoms. The Labute approximate surface area is 82.8 Å². The molecule has 0 bridgehead atoms. The van der Waals surface area contributed by atoms with Crippen molar-refractivity contribution in [3.8, 4) is 0 Å². The summed E-state index contributed by atoms with van der Waals surface area (Å²) >= 11 is 0. The van der Waals surface area contributed by atoms with Gasteiger partial charge in [-0.25, -0.2) is 4.79 Å². The summed E-state index contributed by atoms with van der Waals surface area (Å²) in [6, 6.07) is 1.63. The number of nitrogens with two attached hydrogens (primary N) is 1. The van der Waals surface area contributed by atoms with Gasteiger partial charge >= 0.3 is 5.97 Å². The van der Waals surface area contributed by atoms with E-state index in [1.807, 2.05) is 6.92 Å². The van der Waals surface area contributed by atoms with E-state index >= 15 is 0 Å². The maximum Gasteiger partial charge on any atom is 0.356 e. The lowest BCUT2D eigenvalue weighted by atomic mass is 10.3. The second-order valence-electron chi connectivity index (χ2n) is 2.97. The molecule has 1 atom stereocenters. The number of esters is 1. The zero-order chi connectivity index (χ0) is 10.6. The highest BCUT2D eigenvalue weighted by atomic mass is 16.5. The molecule has 0 fully saturated rings. The van der Waals surface area contributed by atoms with Crippen LogP contribution in [0, 0.1) is 0 Å². The zero-order valence-corrected chi connectivity index (χ0v) is 8.43. The first-order valence-corrected chi connectivity index (χ1v) is 4.61. The molecule has 0 aromatic carbocycles. The Balaban J connectivity index is 2.86. The zero-order valence-electron chi connectivity index (χ0n) is 8.43. The molecule has 1 aromatic heterocycles. The molecule has 1 rings (SSSR count). The normalized spacial score (nSPS) is 12.5. The van der Waals surface area contributed by atoms with Gasteiger partial charge in [-0.2, -0.15) is 5.10 Å². The highest BCUT2D eigenvalue weighted by Crippen LogP contribution is 2.08. The quantitative estimate of drug-likeness (QED) is 0.717. The van der Waals surface area contributed by atoms with Crippen LogP contribution in [0.4, 0.5) is 0 Å². The lowest BCUT2D eigenvalue weighted by molar-refractivity contribution is 0.0509. The van der Waals surface area contributed by atoms with Gasteiger partial charge in [0.2, 0.25) is 0 Å². The van der Waals surface area contributed by atoms with Gasteiger partial charge in [0.05, 0.1) is 12.6 Å². The van der Waals surface area contributed by atoms with E-state index in [0.717, 1.165) is 0 Å². The molecular weight excluding hydrogens is 182 g/mol. The summed E-state index contributed by atoms with van der Waals surface area (Å²) < 4.78 is 6.46.